The fourth-order valence-corrected chi connectivity index (χ4v) is 2.29. The van der Waals surface area contributed by atoms with E-state index in [1.807, 2.05) is 0 Å². The second-order valence-electron chi connectivity index (χ2n) is 4.24. The molecule has 0 atom stereocenters. The van der Waals surface area contributed by atoms with Crippen LogP contribution in [0, 0.1) is 22.7 Å². The lowest BCUT2D eigenvalue weighted by Gasteiger charge is -2.45. The number of rotatable bonds is 1. The Morgan fingerprint density at radius 1 is 1.45 bits per heavy atom. The number of nitrogens with zero attached hydrogens (tertiary/aromatic N) is 1. The van der Waals surface area contributed by atoms with Gasteiger partial charge in [0.05, 0.1) is 17.1 Å². The van der Waals surface area contributed by atoms with Gasteiger partial charge in [-0.15, -0.1) is 0 Å². The third kappa shape index (κ3) is 0.750. The molecular formula is C9H13NO. The van der Waals surface area contributed by atoms with Crippen molar-refractivity contribution in [2.45, 2.75) is 38.2 Å². The molecule has 0 spiro atoms. The standard InChI is InChI=1S/C9H13NO/c1-7-4-9(11,5-7)8(6-10)2-3-8/h7,11H,2-5H2,1H3. The summed E-state index contributed by atoms with van der Waals surface area (Å²) in [6, 6.07) is 2.27. The summed E-state index contributed by atoms with van der Waals surface area (Å²) in [7, 11) is 0. The van der Waals surface area contributed by atoms with E-state index in [4.69, 9.17) is 5.26 Å². The van der Waals surface area contributed by atoms with Gasteiger partial charge in [-0.05, 0) is 31.6 Å². The van der Waals surface area contributed by atoms with Crippen LogP contribution >= 0.6 is 0 Å². The molecule has 11 heavy (non-hydrogen) atoms. The van der Waals surface area contributed by atoms with Crippen LogP contribution in [0.2, 0.25) is 0 Å². The molecule has 2 aliphatic rings. The molecule has 0 aromatic heterocycles. The molecule has 0 radical (unpaired) electrons. The van der Waals surface area contributed by atoms with Crippen LogP contribution < -0.4 is 0 Å². The Morgan fingerprint density at radius 2 is 2.00 bits per heavy atom. The molecule has 0 bridgehead atoms. The van der Waals surface area contributed by atoms with Gasteiger partial charge in [0.2, 0.25) is 0 Å². The molecule has 0 heterocycles. The SMILES string of the molecule is CC1CC(O)(C2(C#N)CC2)C1. The van der Waals surface area contributed by atoms with Crippen molar-refractivity contribution in [3.63, 3.8) is 0 Å². The molecular weight excluding hydrogens is 138 g/mol. The highest BCUT2D eigenvalue weighted by Crippen LogP contribution is 2.62. The van der Waals surface area contributed by atoms with E-state index in [2.05, 4.69) is 13.0 Å². The van der Waals surface area contributed by atoms with Crippen LogP contribution in [-0.4, -0.2) is 10.7 Å². The second kappa shape index (κ2) is 1.78. The third-order valence-electron chi connectivity index (χ3n) is 3.23. The Kier molecular flexibility index (Phi) is 1.15. The first kappa shape index (κ1) is 7.12. The van der Waals surface area contributed by atoms with Crippen molar-refractivity contribution in [1.82, 2.24) is 0 Å². The van der Waals surface area contributed by atoms with Gasteiger partial charge in [0.1, 0.15) is 0 Å². The molecule has 2 heteroatoms. The molecule has 2 aliphatic carbocycles. The highest BCUT2D eigenvalue weighted by Gasteiger charge is 2.63. The van der Waals surface area contributed by atoms with Crippen molar-refractivity contribution in [3.8, 4) is 6.07 Å². The first-order chi connectivity index (χ1) is 5.12. The fourth-order valence-electron chi connectivity index (χ4n) is 2.29. The first-order valence-corrected chi connectivity index (χ1v) is 4.26. The van der Waals surface area contributed by atoms with E-state index < -0.39 is 5.60 Å². The minimum absolute atomic E-state index is 0.334. The van der Waals surface area contributed by atoms with Crippen LogP contribution in [-0.2, 0) is 0 Å². The molecule has 2 saturated carbocycles. The van der Waals surface area contributed by atoms with Crippen molar-refractivity contribution in [2.24, 2.45) is 11.3 Å². The van der Waals surface area contributed by atoms with Crippen LogP contribution in [0.25, 0.3) is 0 Å². The lowest BCUT2D eigenvalue weighted by molar-refractivity contribution is -0.107. The van der Waals surface area contributed by atoms with Gasteiger partial charge in [-0.2, -0.15) is 5.26 Å². The Morgan fingerprint density at radius 3 is 2.27 bits per heavy atom. The van der Waals surface area contributed by atoms with Gasteiger partial charge in [0.15, 0.2) is 0 Å². The van der Waals surface area contributed by atoms with Crippen molar-refractivity contribution in [1.29, 1.82) is 5.26 Å². The smallest absolute Gasteiger partial charge is 0.0861 e. The van der Waals surface area contributed by atoms with Gasteiger partial charge in [-0.1, -0.05) is 6.92 Å². The van der Waals surface area contributed by atoms with Gasteiger partial charge in [-0.25, -0.2) is 0 Å². The number of nitriles is 1. The molecule has 0 aromatic rings. The lowest BCUT2D eigenvalue weighted by atomic mass is 9.64. The van der Waals surface area contributed by atoms with E-state index in [-0.39, 0.29) is 5.41 Å². The van der Waals surface area contributed by atoms with Gasteiger partial charge in [0, 0.05) is 0 Å². The Balaban J connectivity index is 2.12. The molecule has 0 aromatic carbocycles. The average molecular weight is 151 g/mol. The summed E-state index contributed by atoms with van der Waals surface area (Å²) in [6.07, 6.45) is 3.49. The zero-order chi connectivity index (χ0) is 8.11. The molecule has 60 valence electrons. The Bertz CT molecular complexity index is 218. The van der Waals surface area contributed by atoms with E-state index >= 15 is 0 Å². The maximum Gasteiger partial charge on any atom is 0.0861 e. The summed E-state index contributed by atoms with van der Waals surface area (Å²) >= 11 is 0. The van der Waals surface area contributed by atoms with Crippen LogP contribution in [0.5, 0.6) is 0 Å². The summed E-state index contributed by atoms with van der Waals surface area (Å²) in [6.45, 7) is 2.13. The van der Waals surface area contributed by atoms with Crippen molar-refractivity contribution < 1.29 is 5.11 Å². The average Bonchev–Trinajstić information content (AvgIpc) is 2.64. The second-order valence-corrected chi connectivity index (χ2v) is 4.24. The van der Waals surface area contributed by atoms with E-state index in [9.17, 15) is 5.11 Å². The Hall–Kier alpha value is -0.550. The van der Waals surface area contributed by atoms with E-state index in [0.717, 1.165) is 25.7 Å². The molecule has 2 rings (SSSR count). The van der Waals surface area contributed by atoms with Crippen LogP contribution in [0.3, 0.4) is 0 Å². The summed E-state index contributed by atoms with van der Waals surface area (Å²) in [5.41, 5.74) is -0.944. The van der Waals surface area contributed by atoms with Crippen LogP contribution in [0.15, 0.2) is 0 Å². The normalized spacial score (nSPS) is 45.7. The van der Waals surface area contributed by atoms with Crippen LogP contribution in [0.4, 0.5) is 0 Å². The topological polar surface area (TPSA) is 44.0 Å². The first-order valence-electron chi connectivity index (χ1n) is 4.26. The van der Waals surface area contributed by atoms with Crippen molar-refractivity contribution in [3.05, 3.63) is 0 Å². The van der Waals surface area contributed by atoms with E-state index in [1.165, 1.54) is 0 Å². The highest BCUT2D eigenvalue weighted by molar-refractivity contribution is 5.23. The quantitative estimate of drug-likeness (QED) is 0.616. The minimum Gasteiger partial charge on any atom is -0.388 e. The van der Waals surface area contributed by atoms with Gasteiger partial charge in [0.25, 0.3) is 0 Å². The monoisotopic (exact) mass is 151 g/mol. The maximum atomic E-state index is 9.95. The molecule has 0 saturated heterocycles. The maximum absolute atomic E-state index is 9.95. The predicted octanol–water partition coefficient (Wildman–Crippen LogP) is 1.45. The predicted molar refractivity (Wildman–Crippen MR) is 40.6 cm³/mol. The highest BCUT2D eigenvalue weighted by atomic mass is 16.3. The minimum atomic E-state index is -0.610. The lowest BCUT2D eigenvalue weighted by Crippen LogP contribution is -2.49. The van der Waals surface area contributed by atoms with Gasteiger partial charge >= 0.3 is 0 Å². The van der Waals surface area contributed by atoms with Crippen molar-refractivity contribution >= 4 is 0 Å². The molecule has 0 unspecified atom stereocenters. The van der Waals surface area contributed by atoms with E-state index in [0.29, 0.717) is 5.92 Å². The number of hydrogen-bond donors (Lipinski definition) is 1. The molecule has 2 fully saturated rings. The van der Waals surface area contributed by atoms with Crippen molar-refractivity contribution in [2.75, 3.05) is 0 Å². The zero-order valence-corrected chi connectivity index (χ0v) is 6.80. The molecule has 2 nitrogen and oxygen atoms in total. The molecule has 0 aliphatic heterocycles. The van der Waals surface area contributed by atoms with Gasteiger partial charge in [-0.3, -0.25) is 0 Å². The fraction of sp³-hybridized carbons (Fsp3) is 0.889. The third-order valence-corrected chi connectivity index (χ3v) is 3.23. The summed E-state index contributed by atoms with van der Waals surface area (Å²) in [4.78, 5) is 0. The number of hydrogen-bond acceptors (Lipinski definition) is 2. The Labute approximate surface area is 66.8 Å². The number of aliphatic hydroxyl groups is 1. The molecule has 1 N–H and O–H groups in total. The van der Waals surface area contributed by atoms with Crippen LogP contribution in [0.1, 0.15) is 32.6 Å². The molecule has 0 amide bonds. The van der Waals surface area contributed by atoms with E-state index in [1.54, 1.807) is 0 Å². The largest absolute Gasteiger partial charge is 0.388 e. The zero-order valence-electron chi connectivity index (χ0n) is 6.80. The summed E-state index contributed by atoms with van der Waals surface area (Å²) in [5, 5.41) is 18.8. The van der Waals surface area contributed by atoms with Gasteiger partial charge < -0.3 is 5.11 Å². The summed E-state index contributed by atoms with van der Waals surface area (Å²) in [5.74, 6) is 0.617. The summed E-state index contributed by atoms with van der Waals surface area (Å²) < 4.78 is 0.